The normalized spacial score (nSPS) is 15.6. The van der Waals surface area contributed by atoms with Crippen LogP contribution in [0.15, 0.2) is 54.0 Å². The van der Waals surface area contributed by atoms with Crippen LogP contribution in [0, 0.1) is 12.3 Å². The maximum absolute atomic E-state index is 12.5. The molecule has 0 N–H and O–H groups in total. The van der Waals surface area contributed by atoms with E-state index in [2.05, 4.69) is 12.5 Å². The Labute approximate surface area is 150 Å². The quantitative estimate of drug-likeness (QED) is 0.464. The lowest BCUT2D eigenvalue weighted by molar-refractivity contribution is -0.122. The monoisotopic (exact) mass is 349 g/mol. The van der Waals surface area contributed by atoms with Crippen molar-refractivity contribution in [2.75, 3.05) is 13.2 Å². The summed E-state index contributed by atoms with van der Waals surface area (Å²) in [7, 11) is 0. The lowest BCUT2D eigenvalue weighted by Gasteiger charge is -2.11. The second-order valence-electron chi connectivity index (χ2n) is 5.27. The van der Waals surface area contributed by atoms with Crippen molar-refractivity contribution in [1.29, 1.82) is 0 Å². The van der Waals surface area contributed by atoms with Crippen molar-refractivity contribution >= 4 is 39.8 Å². The fourth-order valence-electron chi connectivity index (χ4n) is 2.59. The largest absolute Gasteiger partial charge is 0.480 e. The van der Waals surface area contributed by atoms with Gasteiger partial charge in [-0.1, -0.05) is 42.3 Å². The van der Waals surface area contributed by atoms with Crippen LogP contribution in [-0.2, 0) is 4.79 Å². The van der Waals surface area contributed by atoms with Crippen LogP contribution in [0.25, 0.3) is 16.8 Å². The van der Waals surface area contributed by atoms with Crippen molar-refractivity contribution in [2.24, 2.45) is 0 Å². The van der Waals surface area contributed by atoms with Gasteiger partial charge in [-0.2, -0.15) is 0 Å². The zero-order valence-electron chi connectivity index (χ0n) is 13.4. The summed E-state index contributed by atoms with van der Waals surface area (Å²) in [6.45, 7) is 3.89. The SMILES string of the molecule is C#CCOc1ccc2ccccc2c1C=C1SC(=O)N(CC=C)C1=O. The molecule has 0 aliphatic carbocycles. The zero-order valence-corrected chi connectivity index (χ0v) is 14.2. The number of terminal acetylenes is 1. The van der Waals surface area contributed by atoms with Crippen LogP contribution in [0.4, 0.5) is 4.79 Å². The van der Waals surface area contributed by atoms with Gasteiger partial charge in [0, 0.05) is 12.1 Å². The molecule has 0 bridgehead atoms. The van der Waals surface area contributed by atoms with E-state index < -0.39 is 0 Å². The third-order valence-electron chi connectivity index (χ3n) is 3.70. The van der Waals surface area contributed by atoms with Crippen LogP contribution >= 0.6 is 11.8 Å². The van der Waals surface area contributed by atoms with E-state index >= 15 is 0 Å². The first-order valence-corrected chi connectivity index (χ1v) is 8.41. The summed E-state index contributed by atoms with van der Waals surface area (Å²) in [5.41, 5.74) is 0.734. The molecule has 1 aliphatic heterocycles. The zero-order chi connectivity index (χ0) is 17.8. The number of carbonyl (C=O) groups excluding carboxylic acids is 2. The Balaban J connectivity index is 2.11. The van der Waals surface area contributed by atoms with Crippen molar-refractivity contribution in [1.82, 2.24) is 4.90 Å². The predicted octanol–water partition coefficient (Wildman–Crippen LogP) is 4.07. The van der Waals surface area contributed by atoms with Crippen LogP contribution in [0.2, 0.25) is 0 Å². The number of nitrogens with zero attached hydrogens (tertiary/aromatic N) is 1. The van der Waals surface area contributed by atoms with Gasteiger partial charge >= 0.3 is 0 Å². The van der Waals surface area contributed by atoms with Crippen LogP contribution < -0.4 is 4.74 Å². The summed E-state index contributed by atoms with van der Waals surface area (Å²) in [5, 5.41) is 1.63. The summed E-state index contributed by atoms with van der Waals surface area (Å²) in [6.07, 6.45) is 8.51. The van der Waals surface area contributed by atoms with Crippen molar-refractivity contribution in [3.63, 3.8) is 0 Å². The average molecular weight is 349 g/mol. The van der Waals surface area contributed by atoms with Crippen LogP contribution in [0.3, 0.4) is 0 Å². The average Bonchev–Trinajstić information content (AvgIpc) is 2.89. The molecule has 0 atom stereocenters. The first-order chi connectivity index (χ1) is 12.2. The summed E-state index contributed by atoms with van der Waals surface area (Å²) in [4.78, 5) is 26.0. The molecule has 2 aromatic rings. The Morgan fingerprint density at radius 2 is 2.04 bits per heavy atom. The maximum Gasteiger partial charge on any atom is 0.293 e. The standard InChI is InChI=1S/C20H15NO3S/c1-3-11-21-19(22)18(25-20(21)23)13-16-15-8-6-5-7-14(15)9-10-17(16)24-12-4-2/h2-3,5-10,13H,1,11-12H2. The molecule has 2 amide bonds. The highest BCUT2D eigenvalue weighted by Gasteiger charge is 2.34. The third-order valence-corrected chi connectivity index (χ3v) is 4.61. The van der Waals surface area contributed by atoms with Gasteiger partial charge < -0.3 is 4.74 Å². The molecule has 1 aliphatic rings. The maximum atomic E-state index is 12.5. The fraction of sp³-hybridized carbons (Fsp3) is 0.100. The van der Waals surface area contributed by atoms with Crippen molar-refractivity contribution in [2.45, 2.75) is 0 Å². The molecule has 5 heteroatoms. The molecule has 4 nitrogen and oxygen atoms in total. The fourth-order valence-corrected chi connectivity index (χ4v) is 3.42. The van der Waals surface area contributed by atoms with Gasteiger partial charge in [0.2, 0.25) is 0 Å². The Bertz CT molecular complexity index is 940. The lowest BCUT2D eigenvalue weighted by atomic mass is 10.0. The predicted molar refractivity (Wildman–Crippen MR) is 101 cm³/mol. The van der Waals surface area contributed by atoms with Crippen LogP contribution in [0.1, 0.15) is 5.56 Å². The molecule has 3 rings (SSSR count). The van der Waals surface area contributed by atoms with Gasteiger partial charge in [0.05, 0.1) is 4.91 Å². The number of ether oxygens (including phenoxy) is 1. The van der Waals surface area contributed by atoms with E-state index in [9.17, 15) is 9.59 Å². The van der Waals surface area contributed by atoms with E-state index in [1.807, 2.05) is 36.4 Å². The molecule has 0 unspecified atom stereocenters. The minimum absolute atomic E-state index is 0.122. The molecule has 0 aromatic heterocycles. The van der Waals surface area contributed by atoms with E-state index in [0.717, 1.165) is 33.0 Å². The van der Waals surface area contributed by atoms with Gasteiger partial charge in [0.1, 0.15) is 12.4 Å². The van der Waals surface area contributed by atoms with Gasteiger partial charge in [0.15, 0.2) is 0 Å². The second-order valence-corrected chi connectivity index (χ2v) is 6.27. The Kier molecular flexibility index (Phi) is 4.92. The number of benzene rings is 2. The second kappa shape index (κ2) is 7.29. The lowest BCUT2D eigenvalue weighted by Crippen LogP contribution is -2.27. The van der Waals surface area contributed by atoms with E-state index in [0.29, 0.717) is 10.7 Å². The summed E-state index contributed by atoms with van der Waals surface area (Å²) >= 11 is 0.913. The third kappa shape index (κ3) is 3.30. The first-order valence-electron chi connectivity index (χ1n) is 7.60. The molecule has 1 saturated heterocycles. The number of rotatable bonds is 5. The van der Waals surface area contributed by atoms with Crippen LogP contribution in [-0.4, -0.2) is 29.2 Å². The van der Waals surface area contributed by atoms with Gasteiger partial charge in [-0.05, 0) is 34.7 Å². The minimum atomic E-state index is -0.328. The van der Waals surface area contributed by atoms with Gasteiger partial charge in [-0.15, -0.1) is 13.0 Å². The molecular formula is C20H15NO3S. The first kappa shape index (κ1) is 16.9. The van der Waals surface area contributed by atoms with Crippen molar-refractivity contribution in [3.8, 4) is 18.1 Å². The smallest absolute Gasteiger partial charge is 0.293 e. The molecule has 0 radical (unpaired) electrons. The van der Waals surface area contributed by atoms with Gasteiger partial charge in [0.25, 0.3) is 11.1 Å². The summed E-state index contributed by atoms with van der Waals surface area (Å²) in [6, 6.07) is 11.5. The molecule has 0 spiro atoms. The topological polar surface area (TPSA) is 46.6 Å². The number of amides is 2. The molecule has 1 fully saturated rings. The minimum Gasteiger partial charge on any atom is -0.480 e. The number of thioether (sulfide) groups is 1. The summed E-state index contributed by atoms with van der Waals surface area (Å²) < 4.78 is 5.63. The van der Waals surface area contributed by atoms with Crippen LogP contribution in [0.5, 0.6) is 5.75 Å². The molecule has 0 saturated carbocycles. The van der Waals surface area contributed by atoms with Crippen molar-refractivity contribution < 1.29 is 14.3 Å². The molecular weight excluding hydrogens is 334 g/mol. The number of hydrogen-bond acceptors (Lipinski definition) is 4. The highest BCUT2D eigenvalue weighted by molar-refractivity contribution is 8.18. The Hall–Kier alpha value is -2.97. The van der Waals surface area contributed by atoms with E-state index in [4.69, 9.17) is 11.2 Å². The molecule has 124 valence electrons. The van der Waals surface area contributed by atoms with Gasteiger partial charge in [-0.3, -0.25) is 14.5 Å². The number of carbonyl (C=O) groups is 2. The Morgan fingerprint density at radius 3 is 2.80 bits per heavy atom. The molecule has 2 aromatic carbocycles. The van der Waals surface area contributed by atoms with E-state index in [1.165, 1.54) is 6.08 Å². The molecule has 25 heavy (non-hydrogen) atoms. The molecule has 1 heterocycles. The summed E-state index contributed by atoms with van der Waals surface area (Å²) in [5.74, 6) is 2.68. The Morgan fingerprint density at radius 1 is 1.24 bits per heavy atom. The van der Waals surface area contributed by atoms with Gasteiger partial charge in [-0.25, -0.2) is 0 Å². The number of hydrogen-bond donors (Lipinski definition) is 0. The number of fused-ring (bicyclic) bond motifs is 1. The van der Waals surface area contributed by atoms with E-state index in [1.54, 1.807) is 6.08 Å². The highest BCUT2D eigenvalue weighted by Crippen LogP contribution is 2.36. The van der Waals surface area contributed by atoms with E-state index in [-0.39, 0.29) is 24.3 Å². The van der Waals surface area contributed by atoms with Crippen molar-refractivity contribution in [3.05, 3.63) is 59.5 Å². The highest BCUT2D eigenvalue weighted by atomic mass is 32.2. The number of imide groups is 1.